The second-order valence-corrected chi connectivity index (χ2v) is 13.7. The molecule has 248 valence electrons. The van der Waals surface area contributed by atoms with Gasteiger partial charge in [0.1, 0.15) is 22.3 Å². The van der Waals surface area contributed by atoms with Crippen LogP contribution in [-0.2, 0) is 0 Å². The minimum Gasteiger partial charge on any atom is -0.456 e. The van der Waals surface area contributed by atoms with E-state index in [2.05, 4.69) is 169 Å². The van der Waals surface area contributed by atoms with Crippen LogP contribution in [0.5, 0.6) is 0 Å². The molecule has 0 radical (unpaired) electrons. The van der Waals surface area contributed by atoms with Gasteiger partial charge in [0.2, 0.25) is 0 Å². The van der Waals surface area contributed by atoms with Crippen LogP contribution in [0.4, 0.5) is 17.1 Å². The molecular formula is C50H31NO2. The van der Waals surface area contributed by atoms with Gasteiger partial charge in [-0.25, -0.2) is 0 Å². The van der Waals surface area contributed by atoms with Crippen LogP contribution in [0.2, 0.25) is 0 Å². The van der Waals surface area contributed by atoms with Crippen LogP contribution < -0.4 is 4.90 Å². The van der Waals surface area contributed by atoms with E-state index in [1.54, 1.807) is 0 Å². The third-order valence-corrected chi connectivity index (χ3v) is 10.6. The summed E-state index contributed by atoms with van der Waals surface area (Å²) in [6.45, 7) is 0. The molecule has 0 bridgehead atoms. The number of anilines is 3. The van der Waals surface area contributed by atoms with Crippen molar-refractivity contribution in [2.75, 3.05) is 4.90 Å². The summed E-state index contributed by atoms with van der Waals surface area (Å²) < 4.78 is 12.6. The fraction of sp³-hybridized carbons (Fsp3) is 0. The van der Waals surface area contributed by atoms with Gasteiger partial charge in [-0.15, -0.1) is 0 Å². The van der Waals surface area contributed by atoms with Crippen molar-refractivity contribution in [3.05, 3.63) is 188 Å². The highest BCUT2D eigenvalue weighted by molar-refractivity contribution is 6.17. The van der Waals surface area contributed by atoms with Crippen molar-refractivity contribution in [3.63, 3.8) is 0 Å². The van der Waals surface area contributed by atoms with Crippen LogP contribution in [-0.4, -0.2) is 0 Å². The van der Waals surface area contributed by atoms with Crippen molar-refractivity contribution >= 4 is 82.5 Å². The molecule has 3 heteroatoms. The Morgan fingerprint density at radius 3 is 1.62 bits per heavy atom. The molecule has 0 saturated heterocycles. The Kier molecular flexibility index (Phi) is 6.55. The van der Waals surface area contributed by atoms with Crippen molar-refractivity contribution < 1.29 is 8.83 Å². The third-order valence-electron chi connectivity index (χ3n) is 10.6. The van der Waals surface area contributed by atoms with Gasteiger partial charge in [-0.2, -0.15) is 0 Å². The molecular weight excluding hydrogens is 647 g/mol. The summed E-state index contributed by atoms with van der Waals surface area (Å²) in [6.07, 6.45) is 0. The number of para-hydroxylation sites is 2. The number of benzene rings is 9. The normalized spacial score (nSPS) is 11.8. The van der Waals surface area contributed by atoms with E-state index >= 15 is 0 Å². The maximum atomic E-state index is 6.38. The lowest BCUT2D eigenvalue weighted by Gasteiger charge is -2.27. The lowest BCUT2D eigenvalue weighted by molar-refractivity contribution is 0.669. The number of rotatable bonds is 5. The van der Waals surface area contributed by atoms with Gasteiger partial charge in [-0.3, -0.25) is 0 Å². The topological polar surface area (TPSA) is 29.5 Å². The summed E-state index contributed by atoms with van der Waals surface area (Å²) in [7, 11) is 0. The smallest absolute Gasteiger partial charge is 0.137 e. The summed E-state index contributed by atoms with van der Waals surface area (Å²) in [4.78, 5) is 2.36. The van der Waals surface area contributed by atoms with Crippen molar-refractivity contribution in [2.45, 2.75) is 0 Å². The van der Waals surface area contributed by atoms with E-state index in [0.29, 0.717) is 0 Å². The van der Waals surface area contributed by atoms with E-state index in [9.17, 15) is 0 Å². The van der Waals surface area contributed by atoms with Crippen molar-refractivity contribution in [1.82, 2.24) is 0 Å². The van der Waals surface area contributed by atoms with Crippen molar-refractivity contribution in [3.8, 4) is 22.3 Å². The van der Waals surface area contributed by atoms with E-state index in [1.807, 2.05) is 24.3 Å². The van der Waals surface area contributed by atoms with Gasteiger partial charge in [-0.05, 0) is 104 Å². The van der Waals surface area contributed by atoms with E-state index in [-0.39, 0.29) is 0 Å². The zero-order chi connectivity index (χ0) is 34.9. The lowest BCUT2D eigenvalue weighted by atomic mass is 9.98. The first-order valence-electron chi connectivity index (χ1n) is 18.0. The quantitative estimate of drug-likeness (QED) is 0.170. The van der Waals surface area contributed by atoms with E-state index in [0.717, 1.165) is 66.3 Å². The molecule has 0 amide bonds. The van der Waals surface area contributed by atoms with Crippen LogP contribution >= 0.6 is 0 Å². The Bertz CT molecular complexity index is 3150. The monoisotopic (exact) mass is 677 g/mol. The van der Waals surface area contributed by atoms with Gasteiger partial charge in [0.05, 0.1) is 11.1 Å². The Morgan fingerprint density at radius 2 is 0.868 bits per heavy atom. The van der Waals surface area contributed by atoms with Gasteiger partial charge in [0, 0.05) is 27.5 Å². The molecule has 0 aliphatic heterocycles. The highest BCUT2D eigenvalue weighted by atomic mass is 16.3. The largest absolute Gasteiger partial charge is 0.456 e. The predicted octanol–water partition coefficient (Wildman–Crippen LogP) is 14.6. The fourth-order valence-corrected chi connectivity index (χ4v) is 8.07. The summed E-state index contributed by atoms with van der Waals surface area (Å²) in [5, 5.41) is 9.23. The highest BCUT2D eigenvalue weighted by Crippen LogP contribution is 2.44. The van der Waals surface area contributed by atoms with Gasteiger partial charge in [0.15, 0.2) is 0 Å². The number of fused-ring (bicyclic) bond motifs is 9. The second kappa shape index (κ2) is 11.7. The Labute approximate surface area is 305 Å². The number of hydrogen-bond acceptors (Lipinski definition) is 3. The molecule has 0 aliphatic rings. The molecule has 11 aromatic rings. The molecule has 9 aromatic carbocycles. The second-order valence-electron chi connectivity index (χ2n) is 13.7. The summed E-state index contributed by atoms with van der Waals surface area (Å²) >= 11 is 0. The van der Waals surface area contributed by atoms with Crippen LogP contribution in [0.15, 0.2) is 197 Å². The number of hydrogen-bond donors (Lipinski definition) is 0. The van der Waals surface area contributed by atoms with Crippen LogP contribution in [0, 0.1) is 0 Å². The number of furan rings is 2. The molecule has 0 N–H and O–H groups in total. The van der Waals surface area contributed by atoms with Gasteiger partial charge >= 0.3 is 0 Å². The Balaban J connectivity index is 1.06. The van der Waals surface area contributed by atoms with Crippen molar-refractivity contribution in [1.29, 1.82) is 0 Å². The fourth-order valence-electron chi connectivity index (χ4n) is 8.07. The zero-order valence-corrected chi connectivity index (χ0v) is 28.7. The minimum absolute atomic E-state index is 0.868. The Hall–Kier alpha value is -7.10. The third kappa shape index (κ3) is 4.82. The van der Waals surface area contributed by atoms with Crippen LogP contribution in [0.3, 0.4) is 0 Å². The SMILES string of the molecule is c1ccc(-c2ccc(-c3ccc(N(c4ccc5c(ccc6cc7oc8ccccc8c7cc65)c4)c4cccc5oc6ccccc6c45)cc3)cc2)cc1. The summed E-state index contributed by atoms with van der Waals surface area (Å²) in [5.74, 6) is 0. The first-order chi connectivity index (χ1) is 26.2. The molecule has 0 aliphatic carbocycles. The zero-order valence-electron chi connectivity index (χ0n) is 28.7. The molecule has 3 nitrogen and oxygen atoms in total. The maximum Gasteiger partial charge on any atom is 0.137 e. The standard InChI is InChI=1S/C50H31NO2/c1-2-9-32(10-3-1)33-17-19-34(20-18-33)35-23-25-38(26-24-35)51(45-13-8-16-48-50(45)42-12-5-7-15-47(42)52-48)39-27-28-40-36(29-39)21-22-37-30-49-44(31-43(37)40)41-11-4-6-14-46(41)53-49/h1-31H. The van der Waals surface area contributed by atoms with Crippen LogP contribution in [0.1, 0.15) is 0 Å². The molecule has 2 heterocycles. The van der Waals surface area contributed by atoms with E-state index < -0.39 is 0 Å². The first kappa shape index (κ1) is 29.6. The van der Waals surface area contributed by atoms with Gasteiger partial charge in [-0.1, -0.05) is 127 Å². The number of nitrogens with zero attached hydrogens (tertiary/aromatic N) is 1. The summed E-state index contributed by atoms with van der Waals surface area (Å²) in [5.41, 5.74) is 11.6. The average molecular weight is 678 g/mol. The molecule has 2 aromatic heterocycles. The molecule has 11 rings (SSSR count). The molecule has 0 fully saturated rings. The molecule has 0 atom stereocenters. The predicted molar refractivity (Wildman–Crippen MR) is 222 cm³/mol. The van der Waals surface area contributed by atoms with Crippen LogP contribution in [0.25, 0.3) is 87.7 Å². The van der Waals surface area contributed by atoms with E-state index in [1.165, 1.54) is 38.4 Å². The Morgan fingerprint density at radius 1 is 0.302 bits per heavy atom. The molecule has 0 saturated carbocycles. The van der Waals surface area contributed by atoms with Crippen molar-refractivity contribution in [2.24, 2.45) is 0 Å². The van der Waals surface area contributed by atoms with Gasteiger partial charge in [0.25, 0.3) is 0 Å². The average Bonchev–Trinajstić information content (AvgIpc) is 3.79. The molecule has 53 heavy (non-hydrogen) atoms. The lowest BCUT2D eigenvalue weighted by Crippen LogP contribution is -2.10. The molecule has 0 spiro atoms. The van der Waals surface area contributed by atoms with Gasteiger partial charge < -0.3 is 13.7 Å². The first-order valence-corrected chi connectivity index (χ1v) is 18.0. The summed E-state index contributed by atoms with van der Waals surface area (Å²) in [6, 6.07) is 66.9. The molecule has 0 unspecified atom stereocenters. The minimum atomic E-state index is 0.868. The van der Waals surface area contributed by atoms with E-state index in [4.69, 9.17) is 8.83 Å². The highest BCUT2D eigenvalue weighted by Gasteiger charge is 2.20. The maximum absolute atomic E-state index is 6.38.